The molecule has 1 heterocycles. The Kier molecular flexibility index (Phi) is 4.52. The molecule has 0 bridgehead atoms. The Hall–Kier alpha value is -2.08. The molecule has 5 nitrogen and oxygen atoms in total. The van der Waals surface area contributed by atoms with E-state index >= 15 is 0 Å². The van der Waals surface area contributed by atoms with Crippen molar-refractivity contribution < 1.29 is 14.4 Å². The predicted octanol–water partition coefficient (Wildman–Crippen LogP) is 1.87. The number of hydrogen-bond acceptors (Lipinski definition) is 4. The molecule has 120 valence electrons. The van der Waals surface area contributed by atoms with Crippen LogP contribution in [-0.4, -0.2) is 40.8 Å². The first-order valence-electron chi connectivity index (χ1n) is 7.59. The van der Waals surface area contributed by atoms with E-state index in [0.717, 1.165) is 18.4 Å². The molecule has 0 spiro atoms. The second kappa shape index (κ2) is 6.58. The van der Waals surface area contributed by atoms with Gasteiger partial charge in [-0.05, 0) is 25.3 Å². The lowest BCUT2D eigenvalue weighted by atomic mass is 10.1. The summed E-state index contributed by atoms with van der Waals surface area (Å²) in [5.74, 6) is -0.181. The lowest BCUT2D eigenvalue weighted by molar-refractivity contribution is -0.131. The van der Waals surface area contributed by atoms with Crippen molar-refractivity contribution in [2.75, 3.05) is 12.3 Å². The third kappa shape index (κ3) is 3.82. The summed E-state index contributed by atoms with van der Waals surface area (Å²) < 4.78 is 0. The number of carbonyl (C=O) groups is 3. The lowest BCUT2D eigenvalue weighted by Gasteiger charge is -2.16. The van der Waals surface area contributed by atoms with E-state index in [1.807, 2.05) is 25.1 Å². The van der Waals surface area contributed by atoms with E-state index in [2.05, 4.69) is 5.32 Å². The average molecular weight is 330 g/mol. The van der Waals surface area contributed by atoms with Crippen molar-refractivity contribution in [2.24, 2.45) is 0 Å². The fraction of sp³-hybridized carbons (Fsp3) is 0.353. The number of thioether (sulfide) groups is 1. The Morgan fingerprint density at radius 1 is 1.35 bits per heavy atom. The molecule has 0 aromatic heterocycles. The highest BCUT2D eigenvalue weighted by Crippen LogP contribution is 2.29. The van der Waals surface area contributed by atoms with E-state index in [1.54, 1.807) is 6.07 Å². The van der Waals surface area contributed by atoms with Gasteiger partial charge in [0.1, 0.15) is 6.54 Å². The Bertz CT molecular complexity index is 695. The van der Waals surface area contributed by atoms with Crippen LogP contribution in [0, 0.1) is 6.92 Å². The predicted molar refractivity (Wildman–Crippen MR) is 88.9 cm³/mol. The minimum absolute atomic E-state index is 0.0186. The van der Waals surface area contributed by atoms with Crippen molar-refractivity contribution >= 4 is 29.4 Å². The van der Waals surface area contributed by atoms with E-state index in [0.29, 0.717) is 10.6 Å². The molecule has 23 heavy (non-hydrogen) atoms. The van der Waals surface area contributed by atoms with Crippen molar-refractivity contribution in [1.82, 2.24) is 10.2 Å². The molecule has 6 heteroatoms. The van der Waals surface area contributed by atoms with Gasteiger partial charge in [-0.1, -0.05) is 36.0 Å². The standard InChI is InChI=1S/C17H18N2O3S/c1-11-4-2-3-5-13(11)14(20)8-17-19(16(22)10-23-17)9-15(21)18-12-6-7-12/h2-5,8,12H,6-7,9-10H2,1H3,(H,18,21)/b17-8-. The van der Waals surface area contributed by atoms with Gasteiger partial charge in [0.25, 0.3) is 0 Å². The third-order valence-corrected chi connectivity index (χ3v) is 4.85. The molecule has 0 atom stereocenters. The van der Waals surface area contributed by atoms with E-state index in [-0.39, 0.29) is 35.9 Å². The van der Waals surface area contributed by atoms with Crippen LogP contribution in [-0.2, 0) is 9.59 Å². The van der Waals surface area contributed by atoms with Crippen LogP contribution in [0.4, 0.5) is 0 Å². The normalized spacial score (nSPS) is 19.3. The van der Waals surface area contributed by atoms with Gasteiger partial charge in [-0.3, -0.25) is 19.3 Å². The van der Waals surface area contributed by atoms with Gasteiger partial charge in [0.15, 0.2) is 5.78 Å². The van der Waals surface area contributed by atoms with Gasteiger partial charge >= 0.3 is 0 Å². The van der Waals surface area contributed by atoms with Gasteiger partial charge < -0.3 is 5.32 Å². The number of benzene rings is 1. The fourth-order valence-electron chi connectivity index (χ4n) is 2.38. The Labute approximate surface area is 139 Å². The number of carbonyl (C=O) groups excluding carboxylic acids is 3. The van der Waals surface area contributed by atoms with Crippen LogP contribution in [0.25, 0.3) is 0 Å². The van der Waals surface area contributed by atoms with Crippen molar-refractivity contribution in [2.45, 2.75) is 25.8 Å². The molecule has 1 aliphatic heterocycles. The largest absolute Gasteiger partial charge is 0.352 e. The first kappa shape index (κ1) is 15.8. The molecular weight excluding hydrogens is 312 g/mol. The smallest absolute Gasteiger partial charge is 0.240 e. The van der Waals surface area contributed by atoms with Crippen LogP contribution in [0.5, 0.6) is 0 Å². The monoisotopic (exact) mass is 330 g/mol. The maximum Gasteiger partial charge on any atom is 0.240 e. The van der Waals surface area contributed by atoms with Crippen molar-refractivity contribution in [3.63, 3.8) is 0 Å². The fourth-order valence-corrected chi connectivity index (χ4v) is 3.32. The zero-order valence-corrected chi connectivity index (χ0v) is 13.7. The van der Waals surface area contributed by atoms with Crippen LogP contribution < -0.4 is 5.32 Å². The molecule has 0 unspecified atom stereocenters. The zero-order valence-electron chi connectivity index (χ0n) is 12.9. The topological polar surface area (TPSA) is 66.5 Å². The summed E-state index contributed by atoms with van der Waals surface area (Å²) in [5, 5.41) is 3.41. The molecule has 2 fully saturated rings. The zero-order chi connectivity index (χ0) is 16.4. The summed E-state index contributed by atoms with van der Waals surface area (Å²) in [7, 11) is 0. The summed E-state index contributed by atoms with van der Waals surface area (Å²) in [5.41, 5.74) is 1.50. The molecule has 1 N–H and O–H groups in total. The van der Waals surface area contributed by atoms with Crippen LogP contribution in [0.3, 0.4) is 0 Å². The molecule has 2 aliphatic rings. The molecule has 1 saturated carbocycles. The highest BCUT2D eigenvalue weighted by molar-refractivity contribution is 8.04. The maximum atomic E-state index is 12.4. The number of rotatable bonds is 5. The number of hydrogen-bond donors (Lipinski definition) is 1. The molecule has 1 aliphatic carbocycles. The molecule has 1 aromatic carbocycles. The van der Waals surface area contributed by atoms with Gasteiger partial charge in [0.2, 0.25) is 11.8 Å². The van der Waals surface area contributed by atoms with Crippen LogP contribution in [0.15, 0.2) is 35.4 Å². The van der Waals surface area contributed by atoms with Crippen molar-refractivity contribution in [1.29, 1.82) is 0 Å². The Morgan fingerprint density at radius 3 is 2.78 bits per heavy atom. The molecule has 1 saturated heterocycles. The highest BCUT2D eigenvalue weighted by atomic mass is 32.2. The first-order chi connectivity index (χ1) is 11.0. The van der Waals surface area contributed by atoms with E-state index in [4.69, 9.17) is 0 Å². The number of ketones is 1. The summed E-state index contributed by atoms with van der Waals surface area (Å²) in [6.07, 6.45) is 3.47. The average Bonchev–Trinajstić information content (AvgIpc) is 3.27. The van der Waals surface area contributed by atoms with Crippen molar-refractivity contribution in [3.8, 4) is 0 Å². The second-order valence-corrected chi connectivity index (χ2v) is 6.77. The minimum Gasteiger partial charge on any atom is -0.352 e. The van der Waals surface area contributed by atoms with E-state index in [1.165, 1.54) is 22.7 Å². The number of aryl methyl sites for hydroxylation is 1. The van der Waals surface area contributed by atoms with E-state index < -0.39 is 0 Å². The van der Waals surface area contributed by atoms with Crippen LogP contribution in [0.2, 0.25) is 0 Å². The number of allylic oxidation sites excluding steroid dienone is 1. The molecule has 2 amide bonds. The molecule has 3 rings (SSSR count). The van der Waals surface area contributed by atoms with Crippen LogP contribution in [0.1, 0.15) is 28.8 Å². The summed E-state index contributed by atoms with van der Waals surface area (Å²) >= 11 is 1.30. The lowest BCUT2D eigenvalue weighted by Crippen LogP contribution is -2.38. The second-order valence-electron chi connectivity index (χ2n) is 5.77. The Balaban J connectivity index is 1.74. The van der Waals surface area contributed by atoms with Gasteiger partial charge in [-0.15, -0.1) is 0 Å². The van der Waals surface area contributed by atoms with Gasteiger partial charge in [-0.2, -0.15) is 0 Å². The highest BCUT2D eigenvalue weighted by Gasteiger charge is 2.31. The summed E-state index contributed by atoms with van der Waals surface area (Å²) in [4.78, 5) is 37.7. The number of nitrogens with zero attached hydrogens (tertiary/aromatic N) is 1. The SMILES string of the molecule is Cc1ccccc1C(=O)/C=C1\SCC(=O)N1CC(=O)NC1CC1. The van der Waals surface area contributed by atoms with Crippen LogP contribution >= 0.6 is 11.8 Å². The summed E-state index contributed by atoms with van der Waals surface area (Å²) in [6, 6.07) is 7.59. The minimum atomic E-state index is -0.169. The van der Waals surface area contributed by atoms with E-state index in [9.17, 15) is 14.4 Å². The van der Waals surface area contributed by atoms with Crippen molar-refractivity contribution in [3.05, 3.63) is 46.5 Å². The molecular formula is C17H18N2O3S. The van der Waals surface area contributed by atoms with Gasteiger partial charge in [0, 0.05) is 17.7 Å². The Morgan fingerprint density at radius 2 is 2.09 bits per heavy atom. The van der Waals surface area contributed by atoms with Gasteiger partial charge in [-0.25, -0.2) is 0 Å². The third-order valence-electron chi connectivity index (χ3n) is 3.82. The maximum absolute atomic E-state index is 12.4. The first-order valence-corrected chi connectivity index (χ1v) is 8.57. The summed E-state index contributed by atoms with van der Waals surface area (Å²) in [6.45, 7) is 1.86. The van der Waals surface area contributed by atoms with Gasteiger partial charge in [0.05, 0.1) is 10.8 Å². The quantitative estimate of drug-likeness (QED) is 0.661. The molecule has 0 radical (unpaired) electrons. The number of amides is 2. The number of nitrogens with one attached hydrogen (secondary N) is 1. The molecule has 1 aromatic rings.